The number of likely N-dealkylation sites (tertiary alicyclic amines) is 1. The molecule has 0 aromatic heterocycles. The molecule has 2 nitrogen and oxygen atoms in total. The molecule has 1 aliphatic heterocycles. The van der Waals surface area contributed by atoms with E-state index >= 15 is 0 Å². The number of halogens is 2. The molecule has 2 N–H and O–H groups in total. The first-order chi connectivity index (χ1) is 9.15. The molecule has 0 radical (unpaired) electrons. The van der Waals surface area contributed by atoms with E-state index in [9.17, 15) is 8.78 Å². The molecule has 1 aromatic rings. The lowest BCUT2D eigenvalue weighted by molar-refractivity contribution is 0.289. The third-order valence-corrected chi connectivity index (χ3v) is 4.64. The second-order valence-electron chi connectivity index (χ2n) is 5.92. The normalized spacial score (nSPS) is 28.6. The van der Waals surface area contributed by atoms with Crippen molar-refractivity contribution in [2.75, 3.05) is 19.6 Å². The van der Waals surface area contributed by atoms with E-state index in [1.807, 2.05) is 0 Å². The van der Waals surface area contributed by atoms with E-state index in [0.29, 0.717) is 6.54 Å². The van der Waals surface area contributed by atoms with Gasteiger partial charge in [-0.1, -0.05) is 18.6 Å². The third kappa shape index (κ3) is 2.51. The van der Waals surface area contributed by atoms with Crippen LogP contribution < -0.4 is 5.73 Å². The maximum atomic E-state index is 13.7. The molecular weight excluding hydrogens is 246 g/mol. The quantitative estimate of drug-likeness (QED) is 0.911. The molecule has 2 fully saturated rings. The van der Waals surface area contributed by atoms with E-state index < -0.39 is 17.7 Å². The van der Waals surface area contributed by atoms with Gasteiger partial charge in [0.2, 0.25) is 0 Å². The Kier molecular flexibility index (Phi) is 3.54. The Morgan fingerprint density at radius 2 is 1.89 bits per heavy atom. The summed E-state index contributed by atoms with van der Waals surface area (Å²) in [6.07, 6.45) is 3.96. The van der Waals surface area contributed by atoms with Gasteiger partial charge in [-0.15, -0.1) is 0 Å². The van der Waals surface area contributed by atoms with Crippen LogP contribution in [0.3, 0.4) is 0 Å². The summed E-state index contributed by atoms with van der Waals surface area (Å²) in [5, 5.41) is 0. The Morgan fingerprint density at radius 1 is 1.21 bits per heavy atom. The minimum Gasteiger partial charge on any atom is -0.323 e. The monoisotopic (exact) mass is 266 g/mol. The Morgan fingerprint density at radius 3 is 2.58 bits per heavy atom. The van der Waals surface area contributed by atoms with Crippen LogP contribution in [0.2, 0.25) is 0 Å². The van der Waals surface area contributed by atoms with Gasteiger partial charge in [-0.3, -0.25) is 0 Å². The number of hydrogen-bond donors (Lipinski definition) is 1. The lowest BCUT2D eigenvalue weighted by Crippen LogP contribution is -2.31. The zero-order valence-corrected chi connectivity index (χ0v) is 11.0. The van der Waals surface area contributed by atoms with Crippen molar-refractivity contribution < 1.29 is 8.78 Å². The van der Waals surface area contributed by atoms with E-state index in [2.05, 4.69) is 4.90 Å². The van der Waals surface area contributed by atoms with Crippen LogP contribution in [0, 0.1) is 23.5 Å². The van der Waals surface area contributed by atoms with E-state index in [4.69, 9.17) is 5.73 Å². The average Bonchev–Trinajstić information content (AvgIpc) is 2.93. The van der Waals surface area contributed by atoms with E-state index in [0.717, 1.165) is 31.0 Å². The van der Waals surface area contributed by atoms with Gasteiger partial charge in [-0.25, -0.2) is 8.78 Å². The summed E-state index contributed by atoms with van der Waals surface area (Å²) in [6.45, 7) is 2.75. The summed E-state index contributed by atoms with van der Waals surface area (Å²) in [4.78, 5) is 2.31. The van der Waals surface area contributed by atoms with Gasteiger partial charge in [-0.2, -0.15) is 0 Å². The van der Waals surface area contributed by atoms with Crippen molar-refractivity contribution in [3.05, 3.63) is 35.4 Å². The zero-order valence-electron chi connectivity index (χ0n) is 11.0. The highest BCUT2D eigenvalue weighted by molar-refractivity contribution is 5.22. The van der Waals surface area contributed by atoms with Crippen LogP contribution in [0.4, 0.5) is 8.78 Å². The van der Waals surface area contributed by atoms with E-state index in [1.54, 1.807) is 6.07 Å². The molecule has 1 saturated heterocycles. The van der Waals surface area contributed by atoms with Crippen LogP contribution in [0.15, 0.2) is 18.2 Å². The highest BCUT2D eigenvalue weighted by Crippen LogP contribution is 2.38. The summed E-state index contributed by atoms with van der Waals surface area (Å²) in [6, 6.07) is 3.78. The van der Waals surface area contributed by atoms with Gasteiger partial charge < -0.3 is 10.6 Å². The first kappa shape index (κ1) is 13.0. The minimum atomic E-state index is -0.814. The predicted octanol–water partition coefficient (Wildman–Crippen LogP) is 2.70. The van der Waals surface area contributed by atoms with Crippen molar-refractivity contribution in [3.8, 4) is 0 Å². The standard InChI is InChI=1S/C15H20F2N2/c16-13-6-2-5-12(15(13)17)14(18)9-19-7-10-3-1-4-11(10)8-19/h2,5-6,10-11,14H,1,3-4,7-9,18H2. The van der Waals surface area contributed by atoms with Crippen molar-refractivity contribution >= 4 is 0 Å². The fraction of sp³-hybridized carbons (Fsp3) is 0.600. The van der Waals surface area contributed by atoms with Gasteiger partial charge >= 0.3 is 0 Å². The number of fused-ring (bicyclic) bond motifs is 1. The number of hydrogen-bond acceptors (Lipinski definition) is 2. The largest absolute Gasteiger partial charge is 0.323 e. The molecule has 0 spiro atoms. The number of benzene rings is 1. The van der Waals surface area contributed by atoms with Crippen molar-refractivity contribution in [2.24, 2.45) is 17.6 Å². The second-order valence-corrected chi connectivity index (χ2v) is 5.92. The Labute approximate surface area is 112 Å². The van der Waals surface area contributed by atoms with Crippen molar-refractivity contribution in [3.63, 3.8) is 0 Å². The summed E-state index contributed by atoms with van der Waals surface area (Å²) >= 11 is 0. The SMILES string of the molecule is NC(CN1CC2CCCC2C1)c1cccc(F)c1F. The van der Waals surface area contributed by atoms with Crippen LogP contribution >= 0.6 is 0 Å². The first-order valence-corrected chi connectivity index (χ1v) is 7.07. The summed E-state index contributed by atoms with van der Waals surface area (Å²) in [5.74, 6) is -0.0188. The number of nitrogens with two attached hydrogens (primary N) is 1. The molecule has 1 aromatic carbocycles. The molecule has 3 unspecified atom stereocenters. The summed E-state index contributed by atoms with van der Waals surface area (Å²) in [7, 11) is 0. The Balaban J connectivity index is 1.65. The Hall–Kier alpha value is -1.00. The Bertz CT molecular complexity index is 451. The van der Waals surface area contributed by atoms with E-state index in [1.165, 1.54) is 25.3 Å². The molecule has 1 aliphatic carbocycles. The van der Waals surface area contributed by atoms with Gasteiger partial charge in [0, 0.05) is 31.2 Å². The summed E-state index contributed by atoms with van der Waals surface area (Å²) < 4.78 is 26.9. The molecule has 19 heavy (non-hydrogen) atoms. The zero-order chi connectivity index (χ0) is 13.4. The van der Waals surface area contributed by atoms with Crippen molar-refractivity contribution in [1.29, 1.82) is 0 Å². The molecule has 4 heteroatoms. The summed E-state index contributed by atoms with van der Waals surface area (Å²) in [5.41, 5.74) is 6.34. The van der Waals surface area contributed by atoms with E-state index in [-0.39, 0.29) is 5.56 Å². The average molecular weight is 266 g/mol. The van der Waals surface area contributed by atoms with Crippen LogP contribution in [0.5, 0.6) is 0 Å². The van der Waals surface area contributed by atoms with Crippen LogP contribution in [0.1, 0.15) is 30.9 Å². The number of nitrogens with zero attached hydrogens (tertiary/aromatic N) is 1. The van der Waals surface area contributed by atoms with Gasteiger partial charge in [0.25, 0.3) is 0 Å². The van der Waals surface area contributed by atoms with Gasteiger partial charge in [0.15, 0.2) is 11.6 Å². The maximum absolute atomic E-state index is 13.7. The molecule has 0 bridgehead atoms. The lowest BCUT2D eigenvalue weighted by Gasteiger charge is -2.22. The topological polar surface area (TPSA) is 29.3 Å². The molecule has 3 rings (SSSR count). The molecule has 0 amide bonds. The minimum absolute atomic E-state index is 0.289. The maximum Gasteiger partial charge on any atom is 0.163 e. The van der Waals surface area contributed by atoms with Gasteiger partial charge in [-0.05, 0) is 30.7 Å². The highest BCUT2D eigenvalue weighted by Gasteiger charge is 2.36. The highest BCUT2D eigenvalue weighted by atomic mass is 19.2. The molecule has 3 atom stereocenters. The van der Waals surface area contributed by atoms with Crippen LogP contribution in [-0.2, 0) is 0 Å². The molecule has 1 heterocycles. The second kappa shape index (κ2) is 5.17. The fourth-order valence-electron chi connectivity index (χ4n) is 3.66. The van der Waals surface area contributed by atoms with Gasteiger partial charge in [0.05, 0.1) is 0 Å². The predicted molar refractivity (Wildman–Crippen MR) is 70.6 cm³/mol. The molecule has 1 saturated carbocycles. The third-order valence-electron chi connectivity index (χ3n) is 4.64. The molecule has 2 aliphatic rings. The smallest absolute Gasteiger partial charge is 0.163 e. The van der Waals surface area contributed by atoms with Crippen molar-refractivity contribution in [1.82, 2.24) is 4.90 Å². The number of rotatable bonds is 3. The van der Waals surface area contributed by atoms with Crippen LogP contribution in [0.25, 0.3) is 0 Å². The fourth-order valence-corrected chi connectivity index (χ4v) is 3.66. The lowest BCUT2D eigenvalue weighted by atomic mass is 10.0. The van der Waals surface area contributed by atoms with Crippen LogP contribution in [-0.4, -0.2) is 24.5 Å². The van der Waals surface area contributed by atoms with Gasteiger partial charge in [0.1, 0.15) is 0 Å². The first-order valence-electron chi connectivity index (χ1n) is 7.07. The molecular formula is C15H20F2N2. The molecule has 104 valence electrons. The van der Waals surface area contributed by atoms with Crippen molar-refractivity contribution in [2.45, 2.75) is 25.3 Å².